The molecule has 2 rings (SSSR count). The van der Waals surface area contributed by atoms with Gasteiger partial charge in [-0.25, -0.2) is 9.37 Å². The van der Waals surface area contributed by atoms with Gasteiger partial charge >= 0.3 is 6.18 Å². The zero-order chi connectivity index (χ0) is 14.2. The Hall–Kier alpha value is -2.18. The minimum atomic E-state index is -4.67. The van der Waals surface area contributed by atoms with Crippen LogP contribution in [0.4, 0.5) is 17.6 Å². The number of nitrogens with zero attached hydrogens (tertiary/aromatic N) is 1. The molecule has 0 aliphatic carbocycles. The Morgan fingerprint density at radius 3 is 2.42 bits per heavy atom. The summed E-state index contributed by atoms with van der Waals surface area (Å²) in [5, 5.41) is 0. The highest BCUT2D eigenvalue weighted by Crippen LogP contribution is 2.32. The second-order valence-corrected chi connectivity index (χ2v) is 3.96. The number of rotatable bonds is 1. The van der Waals surface area contributed by atoms with Crippen LogP contribution in [0.5, 0.6) is 0 Å². The predicted molar refractivity (Wildman–Crippen MR) is 60.0 cm³/mol. The number of hydrogen-bond donors (Lipinski definition) is 1. The van der Waals surface area contributed by atoms with Crippen molar-refractivity contribution in [2.45, 2.75) is 13.1 Å². The number of aromatic amines is 1. The van der Waals surface area contributed by atoms with E-state index in [2.05, 4.69) is 9.97 Å². The molecule has 0 saturated heterocycles. The Morgan fingerprint density at radius 2 is 1.84 bits per heavy atom. The predicted octanol–water partition coefficient (Wildman–Crippen LogP) is 2.90. The lowest BCUT2D eigenvalue weighted by atomic mass is 10.1. The van der Waals surface area contributed by atoms with Crippen molar-refractivity contribution in [3.63, 3.8) is 0 Å². The third-order valence-electron chi connectivity index (χ3n) is 2.37. The van der Waals surface area contributed by atoms with Gasteiger partial charge in [0.25, 0.3) is 5.56 Å². The van der Waals surface area contributed by atoms with Gasteiger partial charge in [-0.05, 0) is 25.1 Å². The molecule has 0 amide bonds. The molecule has 0 radical (unpaired) electrons. The van der Waals surface area contributed by atoms with E-state index in [4.69, 9.17) is 0 Å². The minimum Gasteiger partial charge on any atom is -0.307 e. The second-order valence-electron chi connectivity index (χ2n) is 3.96. The lowest BCUT2D eigenvalue weighted by Crippen LogP contribution is -2.10. The Balaban J connectivity index is 2.62. The average molecular weight is 272 g/mol. The van der Waals surface area contributed by atoms with E-state index in [0.29, 0.717) is 11.8 Å². The molecule has 0 aliphatic rings. The largest absolute Gasteiger partial charge is 0.416 e. The summed E-state index contributed by atoms with van der Waals surface area (Å²) < 4.78 is 50.9. The molecule has 1 heterocycles. The summed E-state index contributed by atoms with van der Waals surface area (Å²) in [6.45, 7) is 1.52. The van der Waals surface area contributed by atoms with E-state index in [1.165, 1.54) is 13.0 Å². The lowest BCUT2D eigenvalue weighted by Gasteiger charge is -2.09. The van der Waals surface area contributed by atoms with Gasteiger partial charge < -0.3 is 4.98 Å². The lowest BCUT2D eigenvalue weighted by molar-refractivity contribution is -0.137. The number of aryl methyl sites for hydroxylation is 1. The average Bonchev–Trinajstić information content (AvgIpc) is 2.25. The standard InChI is InChI=1S/C12H8F4N2O/c1-6-2-10(19)18-11(17-6)7-3-8(12(14,15)16)5-9(13)4-7/h2-5H,1H3,(H,17,18,19). The third-order valence-corrected chi connectivity index (χ3v) is 2.37. The van der Waals surface area contributed by atoms with Crippen molar-refractivity contribution < 1.29 is 17.6 Å². The van der Waals surface area contributed by atoms with Crippen molar-refractivity contribution in [3.8, 4) is 11.4 Å². The number of halogens is 4. The first-order valence-electron chi connectivity index (χ1n) is 5.22. The molecule has 0 spiro atoms. The van der Waals surface area contributed by atoms with Gasteiger partial charge in [-0.1, -0.05) is 0 Å². The van der Waals surface area contributed by atoms with E-state index in [-0.39, 0.29) is 11.4 Å². The molecule has 1 aromatic carbocycles. The Labute approximate surface area is 104 Å². The van der Waals surface area contributed by atoms with E-state index >= 15 is 0 Å². The fourth-order valence-corrected chi connectivity index (χ4v) is 1.61. The Kier molecular flexibility index (Phi) is 3.13. The normalized spacial score (nSPS) is 11.6. The number of aromatic nitrogens is 2. The van der Waals surface area contributed by atoms with Crippen molar-refractivity contribution in [1.29, 1.82) is 0 Å². The molecule has 0 aliphatic heterocycles. The van der Waals surface area contributed by atoms with Crippen LogP contribution in [0.1, 0.15) is 11.3 Å². The Bertz CT molecular complexity index is 676. The van der Waals surface area contributed by atoms with Gasteiger partial charge in [0, 0.05) is 17.3 Å². The van der Waals surface area contributed by atoms with Crippen LogP contribution in [-0.4, -0.2) is 9.97 Å². The molecule has 2 aromatic rings. The quantitative estimate of drug-likeness (QED) is 0.811. The van der Waals surface area contributed by atoms with Gasteiger partial charge in [-0.3, -0.25) is 4.79 Å². The summed E-state index contributed by atoms with van der Waals surface area (Å²) in [6.07, 6.45) is -4.67. The monoisotopic (exact) mass is 272 g/mol. The van der Waals surface area contributed by atoms with Crippen LogP contribution in [0.15, 0.2) is 29.1 Å². The molecular formula is C12H8F4N2O. The number of benzene rings is 1. The number of H-pyrrole nitrogens is 1. The van der Waals surface area contributed by atoms with E-state index in [1.54, 1.807) is 0 Å². The smallest absolute Gasteiger partial charge is 0.307 e. The van der Waals surface area contributed by atoms with Crippen LogP contribution < -0.4 is 5.56 Å². The number of nitrogens with one attached hydrogen (secondary N) is 1. The molecule has 7 heteroatoms. The molecular weight excluding hydrogens is 264 g/mol. The maximum atomic E-state index is 13.2. The van der Waals surface area contributed by atoms with E-state index in [0.717, 1.165) is 12.1 Å². The van der Waals surface area contributed by atoms with Crippen LogP contribution in [-0.2, 0) is 6.18 Å². The van der Waals surface area contributed by atoms with Gasteiger partial charge in [-0.15, -0.1) is 0 Å². The van der Waals surface area contributed by atoms with E-state index in [9.17, 15) is 22.4 Å². The Morgan fingerprint density at radius 1 is 1.16 bits per heavy atom. The summed E-state index contributed by atoms with van der Waals surface area (Å²) in [7, 11) is 0. The fourth-order valence-electron chi connectivity index (χ4n) is 1.61. The highest BCUT2D eigenvalue weighted by Gasteiger charge is 2.31. The van der Waals surface area contributed by atoms with Gasteiger partial charge in [0.15, 0.2) is 0 Å². The molecule has 19 heavy (non-hydrogen) atoms. The highest BCUT2D eigenvalue weighted by atomic mass is 19.4. The SMILES string of the molecule is Cc1cc(=O)[nH]c(-c2cc(F)cc(C(F)(F)F)c2)n1. The number of hydrogen-bond acceptors (Lipinski definition) is 2. The molecule has 0 bridgehead atoms. The maximum absolute atomic E-state index is 13.2. The fraction of sp³-hybridized carbons (Fsp3) is 0.167. The molecule has 1 aromatic heterocycles. The molecule has 0 atom stereocenters. The van der Waals surface area contributed by atoms with Crippen molar-refractivity contribution >= 4 is 0 Å². The topological polar surface area (TPSA) is 45.8 Å². The summed E-state index contributed by atoms with van der Waals surface area (Å²) in [5.74, 6) is -1.15. The molecule has 0 unspecified atom stereocenters. The molecule has 3 nitrogen and oxygen atoms in total. The first-order valence-corrected chi connectivity index (χ1v) is 5.22. The first-order chi connectivity index (χ1) is 8.75. The minimum absolute atomic E-state index is 0.102. The van der Waals surface area contributed by atoms with Gasteiger partial charge in [0.1, 0.15) is 11.6 Å². The van der Waals surface area contributed by atoms with Crippen molar-refractivity contribution in [1.82, 2.24) is 9.97 Å². The zero-order valence-corrected chi connectivity index (χ0v) is 9.68. The summed E-state index contributed by atoms with van der Waals surface area (Å²) >= 11 is 0. The van der Waals surface area contributed by atoms with Crippen molar-refractivity contribution in [3.05, 3.63) is 51.7 Å². The van der Waals surface area contributed by atoms with Gasteiger partial charge in [0.2, 0.25) is 0 Å². The molecule has 100 valence electrons. The summed E-state index contributed by atoms with van der Waals surface area (Å²) in [5.41, 5.74) is -1.45. The molecule has 0 saturated carbocycles. The van der Waals surface area contributed by atoms with Gasteiger partial charge in [0.05, 0.1) is 5.56 Å². The molecule has 0 fully saturated rings. The van der Waals surface area contributed by atoms with Crippen LogP contribution in [0.25, 0.3) is 11.4 Å². The van der Waals surface area contributed by atoms with Crippen LogP contribution in [0, 0.1) is 12.7 Å². The van der Waals surface area contributed by atoms with Crippen molar-refractivity contribution in [2.75, 3.05) is 0 Å². The van der Waals surface area contributed by atoms with E-state index < -0.39 is 23.1 Å². The summed E-state index contributed by atoms with van der Waals surface area (Å²) in [4.78, 5) is 17.4. The first kappa shape index (κ1) is 13.3. The van der Waals surface area contributed by atoms with E-state index in [1.807, 2.05) is 0 Å². The highest BCUT2D eigenvalue weighted by molar-refractivity contribution is 5.56. The van der Waals surface area contributed by atoms with Crippen LogP contribution in [0.3, 0.4) is 0 Å². The second kappa shape index (κ2) is 4.49. The summed E-state index contributed by atoms with van der Waals surface area (Å²) in [6, 6.07) is 3.19. The van der Waals surface area contributed by atoms with Crippen molar-refractivity contribution in [2.24, 2.45) is 0 Å². The van der Waals surface area contributed by atoms with Gasteiger partial charge in [-0.2, -0.15) is 13.2 Å². The maximum Gasteiger partial charge on any atom is 0.416 e. The van der Waals surface area contributed by atoms with Crippen LogP contribution >= 0.6 is 0 Å². The third kappa shape index (κ3) is 2.98. The molecule has 1 N–H and O–H groups in total. The van der Waals surface area contributed by atoms with Crippen LogP contribution in [0.2, 0.25) is 0 Å². The number of alkyl halides is 3. The zero-order valence-electron chi connectivity index (χ0n) is 9.68.